The molecule has 25 heavy (non-hydrogen) atoms. The van der Waals surface area contributed by atoms with Crippen LogP contribution in [0.5, 0.6) is 0 Å². The topological polar surface area (TPSA) is 74.6 Å². The zero-order chi connectivity index (χ0) is 18.4. The third-order valence-corrected chi connectivity index (χ3v) is 3.99. The van der Waals surface area contributed by atoms with Crippen molar-refractivity contribution in [1.82, 2.24) is 10.2 Å². The second kappa shape index (κ2) is 8.77. The van der Waals surface area contributed by atoms with Crippen LogP contribution in [0.3, 0.4) is 0 Å². The van der Waals surface area contributed by atoms with Gasteiger partial charge in [-0.2, -0.15) is 0 Å². The van der Waals surface area contributed by atoms with Crippen LogP contribution in [0.4, 0.5) is 5.69 Å². The molecule has 132 valence electrons. The highest BCUT2D eigenvalue weighted by atomic mass is 79.9. The average molecular weight is 424 g/mol. The molecule has 2 rings (SSSR count). The number of carbonyl (C=O) groups excluding carboxylic acids is 2. The number of rotatable bonds is 5. The number of benzene rings is 1. The Bertz CT molecular complexity index is 772. The third-order valence-electron chi connectivity index (χ3n) is 3.36. The molecular weight excluding hydrogens is 406 g/mol. The maximum atomic E-state index is 11.9. The van der Waals surface area contributed by atoms with E-state index in [1.807, 2.05) is 24.3 Å². The monoisotopic (exact) mass is 423 g/mol. The quantitative estimate of drug-likeness (QED) is 0.722. The molecule has 0 saturated carbocycles. The van der Waals surface area contributed by atoms with E-state index >= 15 is 0 Å². The lowest BCUT2D eigenvalue weighted by molar-refractivity contribution is -0.128. The van der Waals surface area contributed by atoms with E-state index in [1.54, 1.807) is 31.1 Å². The van der Waals surface area contributed by atoms with Crippen LogP contribution in [0.2, 0.25) is 0 Å². The smallest absolute Gasteiger partial charge is 0.293 e. The molecule has 0 aliphatic heterocycles. The summed E-state index contributed by atoms with van der Waals surface area (Å²) < 4.78 is 5.63. The fourth-order valence-electron chi connectivity index (χ4n) is 1.99. The maximum Gasteiger partial charge on any atom is 0.293 e. The van der Waals surface area contributed by atoms with E-state index in [0.29, 0.717) is 17.5 Å². The first-order valence-electron chi connectivity index (χ1n) is 7.52. The van der Waals surface area contributed by atoms with Crippen LogP contribution in [0.15, 0.2) is 45.5 Å². The molecule has 1 aromatic heterocycles. The van der Waals surface area contributed by atoms with E-state index in [9.17, 15) is 9.59 Å². The second-order valence-electron chi connectivity index (χ2n) is 5.50. The number of hydrogen-bond acceptors (Lipinski definition) is 4. The number of nitrogens with one attached hydrogen (secondary N) is 2. The van der Waals surface area contributed by atoms with Crippen molar-refractivity contribution in [3.8, 4) is 0 Å². The van der Waals surface area contributed by atoms with E-state index in [2.05, 4.69) is 26.6 Å². The van der Waals surface area contributed by atoms with Crippen molar-refractivity contribution in [2.45, 2.75) is 12.8 Å². The average Bonchev–Trinajstić information content (AvgIpc) is 3.00. The number of hydrogen-bond donors (Lipinski definition) is 2. The van der Waals surface area contributed by atoms with Gasteiger partial charge in [0.05, 0.1) is 0 Å². The van der Waals surface area contributed by atoms with Gasteiger partial charge < -0.3 is 14.6 Å². The van der Waals surface area contributed by atoms with Crippen molar-refractivity contribution in [2.24, 2.45) is 0 Å². The third kappa shape index (κ3) is 5.99. The summed E-state index contributed by atoms with van der Waals surface area (Å²) in [4.78, 5) is 25.1. The Labute approximate surface area is 159 Å². The van der Waals surface area contributed by atoms with Gasteiger partial charge in [-0.25, -0.2) is 0 Å². The van der Waals surface area contributed by atoms with Crippen molar-refractivity contribution >= 4 is 50.8 Å². The summed E-state index contributed by atoms with van der Waals surface area (Å²) in [5.74, 6) is -0.172. The minimum atomic E-state index is -0.429. The maximum absolute atomic E-state index is 11.9. The predicted molar refractivity (Wildman–Crippen MR) is 104 cm³/mol. The molecule has 0 bridgehead atoms. The summed E-state index contributed by atoms with van der Waals surface area (Å²) in [6.07, 6.45) is 1.14. The molecule has 2 aromatic rings. The van der Waals surface area contributed by atoms with Gasteiger partial charge in [0.2, 0.25) is 5.91 Å². The SMILES string of the molecule is CN(C)C(=O)CCc1ccc(NC(=S)NC(=O)c2ccc(Br)o2)cc1. The van der Waals surface area contributed by atoms with Crippen molar-refractivity contribution in [1.29, 1.82) is 0 Å². The minimum absolute atomic E-state index is 0.0932. The molecule has 2 N–H and O–H groups in total. The van der Waals surface area contributed by atoms with Crippen LogP contribution < -0.4 is 10.6 Å². The largest absolute Gasteiger partial charge is 0.444 e. The van der Waals surface area contributed by atoms with Crippen LogP contribution in [0.1, 0.15) is 22.5 Å². The number of anilines is 1. The molecule has 0 unspecified atom stereocenters. The van der Waals surface area contributed by atoms with Gasteiger partial charge in [-0.05, 0) is 64.4 Å². The lowest BCUT2D eigenvalue weighted by Crippen LogP contribution is -2.33. The molecular formula is C17H18BrN3O3S. The first-order chi connectivity index (χ1) is 11.8. The van der Waals surface area contributed by atoms with Gasteiger partial charge in [-0.1, -0.05) is 12.1 Å². The molecule has 0 radical (unpaired) electrons. The standard InChI is InChI=1S/C17H18BrN3O3S/c1-21(2)15(22)10-5-11-3-6-12(7-4-11)19-17(25)20-16(23)13-8-9-14(18)24-13/h3-4,6-9H,5,10H2,1-2H3,(H2,19,20,23,25). The normalized spacial score (nSPS) is 10.2. The molecule has 0 spiro atoms. The summed E-state index contributed by atoms with van der Waals surface area (Å²) >= 11 is 8.26. The molecule has 0 atom stereocenters. The molecule has 0 aliphatic carbocycles. The van der Waals surface area contributed by atoms with Gasteiger partial charge in [0.1, 0.15) is 0 Å². The zero-order valence-corrected chi connectivity index (χ0v) is 16.2. The van der Waals surface area contributed by atoms with Gasteiger partial charge in [0.15, 0.2) is 15.5 Å². The van der Waals surface area contributed by atoms with Crippen molar-refractivity contribution in [3.05, 3.63) is 52.4 Å². The summed E-state index contributed by atoms with van der Waals surface area (Å²) in [5, 5.41) is 5.65. The predicted octanol–water partition coefficient (Wildman–Crippen LogP) is 3.19. The van der Waals surface area contributed by atoms with Crippen LogP contribution in [0.25, 0.3) is 0 Å². The van der Waals surface area contributed by atoms with Crippen LogP contribution in [-0.4, -0.2) is 35.9 Å². The molecule has 8 heteroatoms. The van der Waals surface area contributed by atoms with Gasteiger partial charge in [-0.15, -0.1) is 0 Å². The Hall–Kier alpha value is -2.19. The minimum Gasteiger partial charge on any atom is -0.444 e. The number of aryl methyl sites for hydroxylation is 1. The lowest BCUT2D eigenvalue weighted by atomic mass is 10.1. The van der Waals surface area contributed by atoms with E-state index in [4.69, 9.17) is 16.6 Å². The number of carbonyl (C=O) groups is 2. The Morgan fingerprint density at radius 1 is 1.16 bits per heavy atom. The molecule has 0 fully saturated rings. The number of amides is 2. The summed E-state index contributed by atoms with van der Waals surface area (Å²) in [6.45, 7) is 0. The van der Waals surface area contributed by atoms with Crippen molar-refractivity contribution in [3.63, 3.8) is 0 Å². The van der Waals surface area contributed by atoms with E-state index < -0.39 is 5.91 Å². The Morgan fingerprint density at radius 3 is 2.40 bits per heavy atom. The van der Waals surface area contributed by atoms with Gasteiger partial charge in [-0.3, -0.25) is 14.9 Å². The van der Waals surface area contributed by atoms with Crippen molar-refractivity contribution < 1.29 is 14.0 Å². The van der Waals surface area contributed by atoms with Gasteiger partial charge in [0.25, 0.3) is 5.91 Å². The van der Waals surface area contributed by atoms with E-state index in [0.717, 1.165) is 11.3 Å². The molecule has 1 aromatic carbocycles. The van der Waals surface area contributed by atoms with Crippen LogP contribution >= 0.6 is 28.1 Å². The highest BCUT2D eigenvalue weighted by Gasteiger charge is 2.12. The number of thiocarbonyl (C=S) groups is 1. The highest BCUT2D eigenvalue weighted by Crippen LogP contribution is 2.14. The second-order valence-corrected chi connectivity index (χ2v) is 6.69. The number of furan rings is 1. The molecule has 1 heterocycles. The van der Waals surface area contributed by atoms with E-state index in [-0.39, 0.29) is 16.8 Å². The van der Waals surface area contributed by atoms with Gasteiger partial charge >= 0.3 is 0 Å². The fraction of sp³-hybridized carbons (Fsp3) is 0.235. The molecule has 6 nitrogen and oxygen atoms in total. The first-order valence-corrected chi connectivity index (χ1v) is 8.72. The summed E-state index contributed by atoms with van der Waals surface area (Å²) in [6, 6.07) is 10.7. The van der Waals surface area contributed by atoms with Crippen LogP contribution in [-0.2, 0) is 11.2 Å². The molecule has 0 saturated heterocycles. The molecule has 2 amide bonds. The molecule has 0 aliphatic rings. The Kier molecular flexibility index (Phi) is 6.72. The Balaban J connectivity index is 1.85. The van der Waals surface area contributed by atoms with Crippen molar-refractivity contribution in [2.75, 3.05) is 19.4 Å². The van der Waals surface area contributed by atoms with Gasteiger partial charge in [0, 0.05) is 26.2 Å². The lowest BCUT2D eigenvalue weighted by Gasteiger charge is -2.11. The fourth-order valence-corrected chi connectivity index (χ4v) is 2.51. The number of halogens is 1. The van der Waals surface area contributed by atoms with E-state index in [1.165, 1.54) is 0 Å². The summed E-state index contributed by atoms with van der Waals surface area (Å²) in [7, 11) is 3.48. The Morgan fingerprint density at radius 2 is 1.84 bits per heavy atom. The first kappa shape index (κ1) is 19.1. The highest BCUT2D eigenvalue weighted by molar-refractivity contribution is 9.10. The zero-order valence-electron chi connectivity index (χ0n) is 13.8. The number of nitrogens with zero attached hydrogens (tertiary/aromatic N) is 1. The summed E-state index contributed by atoms with van der Waals surface area (Å²) in [5.41, 5.74) is 1.80. The van der Waals surface area contributed by atoms with Crippen LogP contribution in [0, 0.1) is 0 Å².